The standard InChI is InChI=1S/C22H20FNO5.C19H16FNO3.C3H5BrO2/c1-15-11-18(7-8-20(15)29-14-22(26)27-2)24-10-9-19(12-21(24)25)28-13-16-3-5-17(23)6-4-16;1-13-10-16(6-7-18(13)22)21-9-8-17(11-19(21)23)24-12-14-2-4-15(20)5-3-14;1-6-3(5)2-4/h3-12H,13-14H2,1-2H3;2-11,22H,12H2,1H3;2H2,1H3. The number of benzene rings is 4. The number of esters is 2. The van der Waals surface area contributed by atoms with Crippen LogP contribution < -0.4 is 25.3 Å². The van der Waals surface area contributed by atoms with E-state index in [9.17, 15) is 33.1 Å². The van der Waals surface area contributed by atoms with Gasteiger partial charge in [0.05, 0.1) is 14.2 Å². The monoisotopic (exact) mass is 874 g/mol. The molecule has 0 atom stereocenters. The van der Waals surface area contributed by atoms with E-state index in [1.165, 1.54) is 59.8 Å². The Kier molecular flexibility index (Phi) is 17.0. The number of phenols is 1. The first-order valence-corrected chi connectivity index (χ1v) is 18.9. The molecule has 12 nitrogen and oxygen atoms in total. The maximum absolute atomic E-state index is 12.9. The summed E-state index contributed by atoms with van der Waals surface area (Å²) < 4.78 is 54.1. The van der Waals surface area contributed by atoms with E-state index in [4.69, 9.17) is 14.2 Å². The van der Waals surface area contributed by atoms with Crippen molar-refractivity contribution in [1.82, 2.24) is 9.13 Å². The number of aryl methyl sites for hydroxylation is 2. The number of aromatic nitrogens is 2. The fourth-order valence-corrected chi connectivity index (χ4v) is 5.24. The Bertz CT molecular complexity index is 2450. The maximum atomic E-state index is 12.9. The van der Waals surface area contributed by atoms with Crippen LogP contribution in [0.5, 0.6) is 23.0 Å². The molecule has 2 aromatic heterocycles. The van der Waals surface area contributed by atoms with Gasteiger partial charge in [-0.1, -0.05) is 40.2 Å². The number of rotatable bonds is 12. The number of halogens is 3. The summed E-state index contributed by atoms with van der Waals surface area (Å²) in [7, 11) is 2.64. The van der Waals surface area contributed by atoms with Crippen LogP contribution in [0.1, 0.15) is 22.3 Å². The smallest absolute Gasteiger partial charge is 0.343 e. The number of pyridine rings is 2. The lowest BCUT2D eigenvalue weighted by molar-refractivity contribution is -0.143. The van der Waals surface area contributed by atoms with Crippen molar-refractivity contribution in [2.24, 2.45) is 0 Å². The van der Waals surface area contributed by atoms with Crippen LogP contribution in [-0.4, -0.2) is 52.3 Å². The van der Waals surface area contributed by atoms with Gasteiger partial charge in [0, 0.05) is 35.9 Å². The van der Waals surface area contributed by atoms with Crippen molar-refractivity contribution >= 4 is 27.9 Å². The molecule has 0 amide bonds. The lowest BCUT2D eigenvalue weighted by atomic mass is 10.2. The maximum Gasteiger partial charge on any atom is 0.343 e. The van der Waals surface area contributed by atoms with Crippen molar-refractivity contribution in [2.75, 3.05) is 26.2 Å². The third-order valence-corrected chi connectivity index (χ3v) is 8.68. The van der Waals surface area contributed by atoms with Crippen LogP contribution in [-0.2, 0) is 32.3 Å². The minimum Gasteiger partial charge on any atom is -0.508 e. The van der Waals surface area contributed by atoms with Crippen LogP contribution in [0.3, 0.4) is 0 Å². The fourth-order valence-electron chi connectivity index (χ4n) is 5.01. The van der Waals surface area contributed by atoms with E-state index >= 15 is 0 Å². The Hall–Kier alpha value is -6.74. The summed E-state index contributed by atoms with van der Waals surface area (Å²) in [6.07, 6.45) is 3.24. The molecular weight excluding hydrogens is 834 g/mol. The highest BCUT2D eigenvalue weighted by molar-refractivity contribution is 9.09. The third-order valence-electron chi connectivity index (χ3n) is 8.22. The summed E-state index contributed by atoms with van der Waals surface area (Å²) in [4.78, 5) is 45.9. The van der Waals surface area contributed by atoms with Gasteiger partial charge in [-0.05, 0) is 109 Å². The summed E-state index contributed by atoms with van der Waals surface area (Å²) in [5.41, 5.74) is 3.90. The highest BCUT2D eigenvalue weighted by Crippen LogP contribution is 2.22. The van der Waals surface area contributed by atoms with Gasteiger partial charge in [0.25, 0.3) is 11.1 Å². The average molecular weight is 876 g/mol. The molecule has 0 aliphatic rings. The number of hydrogen-bond acceptors (Lipinski definition) is 10. The number of ether oxygens (including phenoxy) is 5. The largest absolute Gasteiger partial charge is 0.508 e. The van der Waals surface area contributed by atoms with Gasteiger partial charge in [-0.3, -0.25) is 23.5 Å². The van der Waals surface area contributed by atoms with Crippen molar-refractivity contribution in [3.63, 3.8) is 0 Å². The van der Waals surface area contributed by atoms with Gasteiger partial charge in [0.15, 0.2) is 6.61 Å². The second-order valence-corrected chi connectivity index (χ2v) is 13.0. The highest BCUT2D eigenvalue weighted by atomic mass is 79.9. The molecule has 0 bridgehead atoms. The summed E-state index contributed by atoms with van der Waals surface area (Å²) in [6, 6.07) is 28.3. The molecule has 0 fully saturated rings. The lowest BCUT2D eigenvalue weighted by Gasteiger charge is -2.12. The zero-order valence-electron chi connectivity index (χ0n) is 32.5. The van der Waals surface area contributed by atoms with E-state index in [2.05, 4.69) is 25.4 Å². The van der Waals surface area contributed by atoms with Crippen molar-refractivity contribution in [3.05, 3.63) is 176 Å². The molecule has 0 radical (unpaired) electrons. The molecule has 0 aliphatic heterocycles. The molecule has 6 rings (SSSR count). The number of phenolic OH excluding ortho intramolecular Hbond substituents is 1. The summed E-state index contributed by atoms with van der Waals surface area (Å²) in [6.45, 7) is 3.89. The fraction of sp³-hybridized carbons (Fsp3) is 0.182. The van der Waals surface area contributed by atoms with Crippen LogP contribution in [0.25, 0.3) is 11.4 Å². The Labute approximate surface area is 346 Å². The minimum absolute atomic E-state index is 0.184. The van der Waals surface area contributed by atoms with Crippen LogP contribution in [0.15, 0.2) is 131 Å². The quantitative estimate of drug-likeness (QED) is 0.0968. The Morgan fingerprint density at radius 3 is 1.46 bits per heavy atom. The lowest BCUT2D eigenvalue weighted by Crippen LogP contribution is -2.17. The van der Waals surface area contributed by atoms with E-state index in [-0.39, 0.29) is 59.6 Å². The third kappa shape index (κ3) is 14.0. The normalized spacial score (nSPS) is 10.2. The predicted octanol–water partition coefficient (Wildman–Crippen LogP) is 7.54. The SMILES string of the molecule is COC(=O)CBr.COC(=O)COc1ccc(-n2ccc(OCc3ccc(F)cc3)cc2=O)cc1C.Cc1cc(-n2ccc(OCc3ccc(F)cc3)cc2=O)ccc1O. The van der Waals surface area contributed by atoms with Crippen molar-refractivity contribution in [2.45, 2.75) is 27.1 Å². The first kappa shape index (κ1) is 45.0. The van der Waals surface area contributed by atoms with E-state index < -0.39 is 5.97 Å². The molecule has 308 valence electrons. The van der Waals surface area contributed by atoms with E-state index in [0.29, 0.717) is 34.2 Å². The molecule has 1 N–H and O–H groups in total. The molecule has 0 saturated heterocycles. The van der Waals surface area contributed by atoms with Crippen LogP contribution in [0.4, 0.5) is 8.78 Å². The van der Waals surface area contributed by atoms with Gasteiger partial charge in [0.1, 0.15) is 53.2 Å². The summed E-state index contributed by atoms with van der Waals surface area (Å²) >= 11 is 2.90. The molecule has 0 aliphatic carbocycles. The zero-order valence-corrected chi connectivity index (χ0v) is 34.1. The van der Waals surface area contributed by atoms with E-state index in [1.54, 1.807) is 92.1 Å². The van der Waals surface area contributed by atoms with Gasteiger partial charge < -0.3 is 28.8 Å². The number of hydrogen-bond donors (Lipinski definition) is 1. The van der Waals surface area contributed by atoms with E-state index in [0.717, 1.165) is 16.7 Å². The van der Waals surface area contributed by atoms with Gasteiger partial charge in [0.2, 0.25) is 0 Å². The number of carbonyl (C=O) groups is 2. The van der Waals surface area contributed by atoms with Crippen LogP contribution in [0, 0.1) is 25.5 Å². The molecule has 59 heavy (non-hydrogen) atoms. The summed E-state index contributed by atoms with van der Waals surface area (Å²) in [5, 5.41) is 9.85. The molecule has 4 aromatic carbocycles. The molecule has 2 heterocycles. The number of alkyl halides is 1. The summed E-state index contributed by atoms with van der Waals surface area (Å²) in [5.74, 6) is 0.258. The molecule has 0 spiro atoms. The van der Waals surface area contributed by atoms with Crippen LogP contribution >= 0.6 is 15.9 Å². The second-order valence-electron chi connectivity index (χ2n) is 12.5. The number of carbonyl (C=O) groups excluding carboxylic acids is 2. The second kappa shape index (κ2) is 22.3. The first-order valence-electron chi connectivity index (χ1n) is 17.7. The molecule has 0 unspecified atom stereocenters. The minimum atomic E-state index is -0.471. The zero-order chi connectivity index (χ0) is 42.9. The number of methoxy groups -OCH3 is 2. The van der Waals surface area contributed by atoms with Crippen LogP contribution in [0.2, 0.25) is 0 Å². The van der Waals surface area contributed by atoms with Gasteiger partial charge in [-0.15, -0.1) is 0 Å². The van der Waals surface area contributed by atoms with Crippen molar-refractivity contribution in [1.29, 1.82) is 0 Å². The number of nitrogens with zero attached hydrogens (tertiary/aromatic N) is 2. The van der Waals surface area contributed by atoms with Crippen molar-refractivity contribution < 1.29 is 47.2 Å². The van der Waals surface area contributed by atoms with Gasteiger partial charge >= 0.3 is 11.9 Å². The highest BCUT2D eigenvalue weighted by Gasteiger charge is 2.09. The van der Waals surface area contributed by atoms with Gasteiger partial charge in [-0.2, -0.15) is 0 Å². The molecule has 6 aromatic rings. The first-order chi connectivity index (χ1) is 28.3. The Balaban J connectivity index is 0.000000232. The van der Waals surface area contributed by atoms with Gasteiger partial charge in [-0.25, -0.2) is 13.6 Å². The molecule has 0 saturated carbocycles. The number of aromatic hydroxyl groups is 1. The Morgan fingerprint density at radius 1 is 0.610 bits per heavy atom. The predicted molar refractivity (Wildman–Crippen MR) is 220 cm³/mol. The van der Waals surface area contributed by atoms with E-state index in [1.807, 2.05) is 6.92 Å². The topological polar surface area (TPSA) is 145 Å². The Morgan fingerprint density at radius 2 is 1.07 bits per heavy atom. The molecular formula is C44H41BrF2N2O10. The van der Waals surface area contributed by atoms with Crippen molar-refractivity contribution in [3.8, 4) is 34.4 Å². The molecule has 15 heteroatoms. The average Bonchev–Trinajstić information content (AvgIpc) is 3.24.